The van der Waals surface area contributed by atoms with Crippen LogP contribution in [0.25, 0.3) is 0 Å². The summed E-state index contributed by atoms with van der Waals surface area (Å²) in [5.41, 5.74) is 7.46. The lowest BCUT2D eigenvalue weighted by atomic mass is 9.94. The van der Waals surface area contributed by atoms with Crippen LogP contribution in [0.5, 0.6) is 0 Å². The smallest absolute Gasteiger partial charge is 0.224 e. The van der Waals surface area contributed by atoms with Crippen LogP contribution in [0.4, 0.5) is 5.69 Å². The van der Waals surface area contributed by atoms with E-state index in [4.69, 9.17) is 5.73 Å². The summed E-state index contributed by atoms with van der Waals surface area (Å²) in [7, 11) is 1.86. The molecule has 1 atom stereocenters. The summed E-state index contributed by atoms with van der Waals surface area (Å²) in [5.74, 6) is 0.839. The molecule has 1 rings (SSSR count). The van der Waals surface area contributed by atoms with Crippen molar-refractivity contribution in [3.8, 4) is 0 Å². The predicted octanol–water partition coefficient (Wildman–Crippen LogP) is 1.93. The van der Waals surface area contributed by atoms with Gasteiger partial charge in [0.2, 0.25) is 5.91 Å². The zero-order valence-corrected chi connectivity index (χ0v) is 12.4. The number of nitrogens with two attached hydrogens (primary N) is 1. The van der Waals surface area contributed by atoms with Crippen LogP contribution < -0.4 is 11.1 Å². The molecule has 1 heterocycles. The van der Waals surface area contributed by atoms with E-state index in [0.717, 1.165) is 24.2 Å². The lowest BCUT2D eigenvalue weighted by molar-refractivity contribution is -0.117. The second kappa shape index (κ2) is 7.28. The molecule has 1 aromatic heterocycles. The van der Waals surface area contributed by atoms with E-state index in [-0.39, 0.29) is 11.8 Å². The summed E-state index contributed by atoms with van der Waals surface area (Å²) in [4.78, 5) is 12.0. The van der Waals surface area contributed by atoms with Gasteiger partial charge in [0.15, 0.2) is 0 Å². The Bertz CT molecular complexity index is 412. The van der Waals surface area contributed by atoms with Gasteiger partial charge in [-0.2, -0.15) is 5.10 Å². The maximum atomic E-state index is 12.0. The molecule has 19 heavy (non-hydrogen) atoms. The van der Waals surface area contributed by atoms with Crippen molar-refractivity contribution in [3.05, 3.63) is 11.9 Å². The van der Waals surface area contributed by atoms with Crippen molar-refractivity contribution in [2.45, 2.75) is 40.0 Å². The van der Waals surface area contributed by atoms with E-state index in [1.165, 1.54) is 0 Å². The number of hydrogen-bond donors (Lipinski definition) is 2. The van der Waals surface area contributed by atoms with Gasteiger partial charge in [0.1, 0.15) is 0 Å². The zero-order chi connectivity index (χ0) is 14.4. The normalized spacial score (nSPS) is 12.7. The molecule has 0 saturated carbocycles. The summed E-state index contributed by atoms with van der Waals surface area (Å²) in [5, 5.41) is 7.25. The molecule has 0 saturated heterocycles. The average Bonchev–Trinajstić information content (AvgIpc) is 2.67. The van der Waals surface area contributed by atoms with Crippen LogP contribution in [0.3, 0.4) is 0 Å². The van der Waals surface area contributed by atoms with Gasteiger partial charge in [0.25, 0.3) is 0 Å². The lowest BCUT2D eigenvalue weighted by Crippen LogP contribution is -2.23. The molecule has 0 aliphatic carbocycles. The molecule has 0 bridgehead atoms. The zero-order valence-electron chi connectivity index (χ0n) is 12.4. The number of nitrogens with zero attached hydrogens (tertiary/aromatic N) is 2. The van der Waals surface area contributed by atoms with Gasteiger partial charge in [0.05, 0.1) is 11.4 Å². The predicted molar refractivity (Wildman–Crippen MR) is 77.8 cm³/mol. The lowest BCUT2D eigenvalue weighted by Gasteiger charge is -2.16. The first-order valence-electron chi connectivity index (χ1n) is 6.98. The summed E-state index contributed by atoms with van der Waals surface area (Å²) in [6, 6.07) is 0. The van der Waals surface area contributed by atoms with E-state index in [1.54, 1.807) is 4.68 Å². The molecule has 1 aromatic rings. The number of hydrogen-bond acceptors (Lipinski definition) is 3. The SMILES string of the molecule is CCc1nn(C)cc1NC(=O)CC(CN)CC(C)C. The topological polar surface area (TPSA) is 72.9 Å². The van der Waals surface area contributed by atoms with Gasteiger partial charge in [-0.25, -0.2) is 0 Å². The Kier molecular flexibility index (Phi) is 6.02. The standard InChI is InChI=1S/C14H26N4O/c1-5-12-13(9-18(4)17-12)16-14(19)7-11(8-15)6-10(2)3/h9-11H,5-8,15H2,1-4H3,(H,16,19). The number of carbonyl (C=O) groups excluding carboxylic acids is 1. The maximum Gasteiger partial charge on any atom is 0.224 e. The Balaban J connectivity index is 2.58. The van der Waals surface area contributed by atoms with Gasteiger partial charge in [-0.1, -0.05) is 20.8 Å². The molecule has 0 aromatic carbocycles. The largest absolute Gasteiger partial charge is 0.330 e. The van der Waals surface area contributed by atoms with Crippen molar-refractivity contribution in [3.63, 3.8) is 0 Å². The van der Waals surface area contributed by atoms with Crippen LogP contribution in [-0.2, 0) is 18.3 Å². The molecular weight excluding hydrogens is 240 g/mol. The van der Waals surface area contributed by atoms with E-state index in [2.05, 4.69) is 24.3 Å². The van der Waals surface area contributed by atoms with Crippen LogP contribution in [-0.4, -0.2) is 22.2 Å². The third-order valence-electron chi connectivity index (χ3n) is 3.13. The van der Waals surface area contributed by atoms with E-state index in [1.807, 2.05) is 20.2 Å². The van der Waals surface area contributed by atoms with Crippen LogP contribution in [0.15, 0.2) is 6.20 Å². The highest BCUT2D eigenvalue weighted by atomic mass is 16.1. The molecule has 0 radical (unpaired) electrons. The molecule has 0 fully saturated rings. The Hall–Kier alpha value is -1.36. The van der Waals surface area contributed by atoms with Crippen LogP contribution in [0, 0.1) is 11.8 Å². The van der Waals surface area contributed by atoms with Crippen LogP contribution in [0.1, 0.15) is 39.3 Å². The van der Waals surface area contributed by atoms with E-state index in [9.17, 15) is 4.79 Å². The minimum Gasteiger partial charge on any atom is -0.330 e. The van der Waals surface area contributed by atoms with Gasteiger partial charge in [-0.3, -0.25) is 9.48 Å². The minimum atomic E-state index is 0.0267. The molecular formula is C14H26N4O. The number of rotatable bonds is 7. The molecule has 1 amide bonds. The van der Waals surface area contributed by atoms with Gasteiger partial charge in [-0.15, -0.1) is 0 Å². The molecule has 5 heteroatoms. The molecule has 1 unspecified atom stereocenters. The first-order valence-corrected chi connectivity index (χ1v) is 6.98. The van der Waals surface area contributed by atoms with E-state index in [0.29, 0.717) is 18.9 Å². The molecule has 0 aliphatic rings. The molecule has 5 nitrogen and oxygen atoms in total. The summed E-state index contributed by atoms with van der Waals surface area (Å²) in [6.45, 7) is 6.88. The number of carbonyl (C=O) groups is 1. The van der Waals surface area contributed by atoms with Gasteiger partial charge < -0.3 is 11.1 Å². The highest BCUT2D eigenvalue weighted by molar-refractivity contribution is 5.91. The summed E-state index contributed by atoms with van der Waals surface area (Å²) >= 11 is 0. The van der Waals surface area contributed by atoms with Crippen LogP contribution >= 0.6 is 0 Å². The fourth-order valence-electron chi connectivity index (χ4n) is 2.29. The highest BCUT2D eigenvalue weighted by Gasteiger charge is 2.16. The third kappa shape index (κ3) is 5.03. The van der Waals surface area contributed by atoms with Crippen molar-refractivity contribution < 1.29 is 4.79 Å². The van der Waals surface area contributed by atoms with Crippen molar-refractivity contribution in [1.82, 2.24) is 9.78 Å². The second-order valence-corrected chi connectivity index (χ2v) is 5.50. The first kappa shape index (κ1) is 15.7. The second-order valence-electron chi connectivity index (χ2n) is 5.50. The number of nitrogens with one attached hydrogen (secondary N) is 1. The van der Waals surface area contributed by atoms with Crippen LogP contribution in [0.2, 0.25) is 0 Å². The molecule has 108 valence electrons. The van der Waals surface area contributed by atoms with E-state index >= 15 is 0 Å². The van der Waals surface area contributed by atoms with E-state index < -0.39 is 0 Å². The Morgan fingerprint density at radius 1 is 1.53 bits per heavy atom. The highest BCUT2D eigenvalue weighted by Crippen LogP contribution is 2.17. The van der Waals surface area contributed by atoms with Crippen molar-refractivity contribution >= 4 is 11.6 Å². The van der Waals surface area contributed by atoms with Crippen molar-refractivity contribution in [1.29, 1.82) is 0 Å². The quantitative estimate of drug-likeness (QED) is 0.792. The van der Waals surface area contributed by atoms with Gasteiger partial charge >= 0.3 is 0 Å². The van der Waals surface area contributed by atoms with Gasteiger partial charge in [-0.05, 0) is 31.2 Å². The molecule has 3 N–H and O–H groups in total. The maximum absolute atomic E-state index is 12.0. The summed E-state index contributed by atoms with van der Waals surface area (Å²) in [6.07, 6.45) is 4.11. The monoisotopic (exact) mass is 266 g/mol. The Labute approximate surface area is 115 Å². The van der Waals surface area contributed by atoms with Crippen molar-refractivity contribution in [2.75, 3.05) is 11.9 Å². The number of anilines is 1. The molecule has 0 aliphatic heterocycles. The Morgan fingerprint density at radius 3 is 2.74 bits per heavy atom. The molecule has 0 spiro atoms. The first-order chi connectivity index (χ1) is 8.96. The number of aromatic nitrogens is 2. The number of amides is 1. The fourth-order valence-corrected chi connectivity index (χ4v) is 2.29. The average molecular weight is 266 g/mol. The summed E-state index contributed by atoms with van der Waals surface area (Å²) < 4.78 is 1.73. The van der Waals surface area contributed by atoms with Crippen molar-refractivity contribution in [2.24, 2.45) is 24.6 Å². The minimum absolute atomic E-state index is 0.0267. The van der Waals surface area contributed by atoms with Gasteiger partial charge in [0, 0.05) is 19.7 Å². The number of aryl methyl sites for hydroxylation is 2. The fraction of sp³-hybridized carbons (Fsp3) is 0.714. The third-order valence-corrected chi connectivity index (χ3v) is 3.13. The Morgan fingerprint density at radius 2 is 2.21 bits per heavy atom.